The lowest BCUT2D eigenvalue weighted by Crippen LogP contribution is -2.36. The van der Waals surface area contributed by atoms with Gasteiger partial charge in [0.15, 0.2) is 0 Å². The number of carboxylic acids is 1. The van der Waals surface area contributed by atoms with Crippen LogP contribution in [-0.2, 0) is 24.4 Å². The van der Waals surface area contributed by atoms with Crippen molar-refractivity contribution in [3.63, 3.8) is 0 Å². The van der Waals surface area contributed by atoms with Crippen LogP contribution in [-0.4, -0.2) is 60.2 Å². The highest BCUT2D eigenvalue weighted by atomic mass is 35.5. The van der Waals surface area contributed by atoms with Crippen molar-refractivity contribution < 1.29 is 27.9 Å². The highest BCUT2D eigenvalue weighted by Gasteiger charge is 2.31. The fourth-order valence-corrected chi connectivity index (χ4v) is 6.65. The molecular weight excluding hydrogens is 580 g/mol. The summed E-state index contributed by atoms with van der Waals surface area (Å²) in [4.78, 5) is 38.9. The minimum Gasteiger partial charge on any atom is -0.480 e. The van der Waals surface area contributed by atoms with Gasteiger partial charge in [-0.25, -0.2) is 8.42 Å². The van der Waals surface area contributed by atoms with Gasteiger partial charge in [0, 0.05) is 49.4 Å². The number of pyridine rings is 1. The number of carboxylic acid groups (broad SMARTS) is 1. The van der Waals surface area contributed by atoms with Crippen LogP contribution in [0.3, 0.4) is 0 Å². The molecule has 12 heteroatoms. The number of carbonyl (C=O) groups excluding carboxylic acids is 2. The Balaban J connectivity index is 1.79. The number of hydrogen-bond acceptors (Lipinski definition) is 6. The molecular formula is C30H35ClN4O6S. The average molecular weight is 615 g/mol. The van der Waals surface area contributed by atoms with E-state index in [2.05, 4.69) is 15.6 Å². The van der Waals surface area contributed by atoms with Crippen molar-refractivity contribution in [1.29, 1.82) is 0 Å². The van der Waals surface area contributed by atoms with Crippen LogP contribution in [0, 0.1) is 13.8 Å². The van der Waals surface area contributed by atoms with Crippen molar-refractivity contribution in [3.8, 4) is 11.1 Å². The Kier molecular flexibility index (Phi) is 11.6. The molecule has 0 bridgehead atoms. The molecule has 3 rings (SSSR count). The number of sulfonamides is 1. The molecule has 0 aliphatic rings. The Hall–Kier alpha value is -3.80. The molecule has 10 nitrogen and oxygen atoms in total. The molecule has 0 spiro atoms. The summed E-state index contributed by atoms with van der Waals surface area (Å²) in [5, 5.41) is 13.8. The van der Waals surface area contributed by atoms with E-state index in [1.165, 1.54) is 10.4 Å². The van der Waals surface area contributed by atoms with Gasteiger partial charge in [-0.15, -0.1) is 0 Å². The van der Waals surface area contributed by atoms with E-state index in [4.69, 9.17) is 16.7 Å². The van der Waals surface area contributed by atoms with E-state index >= 15 is 0 Å². The molecule has 1 heterocycles. The van der Waals surface area contributed by atoms with Crippen LogP contribution in [0.1, 0.15) is 48.9 Å². The van der Waals surface area contributed by atoms with Crippen molar-refractivity contribution in [3.05, 3.63) is 82.6 Å². The van der Waals surface area contributed by atoms with Crippen molar-refractivity contribution in [2.24, 2.45) is 0 Å². The maximum atomic E-state index is 14.0. The average Bonchev–Trinajstić information content (AvgIpc) is 2.95. The highest BCUT2D eigenvalue weighted by molar-refractivity contribution is 7.89. The lowest BCUT2D eigenvalue weighted by Gasteiger charge is -2.30. The molecule has 0 saturated heterocycles. The van der Waals surface area contributed by atoms with Crippen molar-refractivity contribution in [2.75, 3.05) is 19.6 Å². The normalized spacial score (nSPS) is 12.1. The van der Waals surface area contributed by atoms with Gasteiger partial charge in [-0.05, 0) is 79.3 Å². The van der Waals surface area contributed by atoms with Crippen LogP contribution < -0.4 is 10.6 Å². The smallest absolute Gasteiger partial charge is 0.322 e. The Labute approximate surface area is 251 Å². The number of nitrogens with zero attached hydrogens (tertiary/aromatic N) is 2. The second kappa shape index (κ2) is 14.9. The minimum atomic E-state index is -4.02. The van der Waals surface area contributed by atoms with Gasteiger partial charge < -0.3 is 15.7 Å². The number of benzene rings is 2. The van der Waals surface area contributed by atoms with E-state index in [0.717, 1.165) is 22.3 Å². The van der Waals surface area contributed by atoms with Gasteiger partial charge in [0.1, 0.15) is 6.54 Å². The zero-order valence-electron chi connectivity index (χ0n) is 23.8. The van der Waals surface area contributed by atoms with Gasteiger partial charge in [0.25, 0.3) is 0 Å². The van der Waals surface area contributed by atoms with Gasteiger partial charge in [-0.1, -0.05) is 35.9 Å². The third-order valence-corrected chi connectivity index (χ3v) is 9.35. The first kappa shape index (κ1) is 32.7. The zero-order valence-corrected chi connectivity index (χ0v) is 25.3. The third-order valence-electron chi connectivity index (χ3n) is 6.83. The van der Waals surface area contributed by atoms with Crippen LogP contribution in [0.5, 0.6) is 0 Å². The van der Waals surface area contributed by atoms with E-state index in [1.807, 2.05) is 44.2 Å². The molecule has 0 aliphatic heterocycles. The number of halogens is 1. The predicted octanol–water partition coefficient (Wildman–Crippen LogP) is 4.26. The zero-order chi connectivity index (χ0) is 30.9. The van der Waals surface area contributed by atoms with E-state index in [9.17, 15) is 22.8 Å². The first-order valence-corrected chi connectivity index (χ1v) is 15.3. The highest BCUT2D eigenvalue weighted by Crippen LogP contribution is 2.33. The number of aromatic nitrogens is 1. The molecule has 0 fully saturated rings. The van der Waals surface area contributed by atoms with Crippen molar-refractivity contribution >= 4 is 39.4 Å². The number of aliphatic carboxylic acids is 1. The lowest BCUT2D eigenvalue weighted by molar-refractivity contribution is -0.138. The molecule has 1 aromatic heterocycles. The monoisotopic (exact) mass is 614 g/mol. The Bertz CT molecular complexity index is 1550. The quantitative estimate of drug-likeness (QED) is 0.246. The van der Waals surface area contributed by atoms with Crippen LogP contribution in [0.2, 0.25) is 5.02 Å². The van der Waals surface area contributed by atoms with E-state index < -0.39 is 34.5 Å². The fourth-order valence-electron chi connectivity index (χ4n) is 4.51. The third kappa shape index (κ3) is 8.60. The summed E-state index contributed by atoms with van der Waals surface area (Å²) >= 11 is 6.28. The number of rotatable bonds is 14. The summed E-state index contributed by atoms with van der Waals surface area (Å²) in [6.45, 7) is 5.03. The second-order valence-corrected chi connectivity index (χ2v) is 12.1. The number of nitrogens with one attached hydrogen (secondary N) is 2. The Morgan fingerprint density at radius 1 is 1.02 bits per heavy atom. The van der Waals surface area contributed by atoms with E-state index in [-0.39, 0.29) is 43.2 Å². The molecule has 0 aliphatic carbocycles. The molecule has 2 aromatic carbocycles. The van der Waals surface area contributed by atoms with Gasteiger partial charge in [-0.2, -0.15) is 4.31 Å². The predicted molar refractivity (Wildman–Crippen MR) is 160 cm³/mol. The number of amides is 2. The molecule has 0 radical (unpaired) electrons. The summed E-state index contributed by atoms with van der Waals surface area (Å²) in [7, 11) is -4.02. The summed E-state index contributed by atoms with van der Waals surface area (Å²) in [6.07, 6.45) is 3.67. The van der Waals surface area contributed by atoms with Crippen LogP contribution in [0.4, 0.5) is 0 Å². The standard InChI is InChI=1S/C30H35ClN4O6S/c1-20-18-32-14-12-25(20)24-8-4-7-23(17-24)22(3)35(42(40,41)27-10-5-9-26(31)21(27)2)16-6-11-28(36)33-15-13-29(37)34-19-30(38)39/h4-5,7-10,12,14,17-18,22H,6,11,13,15-16,19H2,1-3H3,(H,33,36)(H,34,37)(H,38,39)/t22-/m0/s1. The fraction of sp³-hybridized carbons (Fsp3) is 0.333. The molecule has 0 saturated carbocycles. The van der Waals surface area contributed by atoms with Gasteiger partial charge >= 0.3 is 5.97 Å². The summed E-state index contributed by atoms with van der Waals surface area (Å²) in [6, 6.07) is 13.8. The first-order valence-electron chi connectivity index (χ1n) is 13.4. The van der Waals surface area contributed by atoms with Crippen molar-refractivity contribution in [2.45, 2.75) is 51.0 Å². The molecule has 3 aromatic rings. The van der Waals surface area contributed by atoms with Crippen LogP contribution in [0.15, 0.2) is 65.8 Å². The first-order chi connectivity index (χ1) is 19.9. The topological polar surface area (TPSA) is 146 Å². The van der Waals surface area contributed by atoms with Crippen LogP contribution >= 0.6 is 11.6 Å². The molecule has 42 heavy (non-hydrogen) atoms. The second-order valence-electron chi connectivity index (χ2n) is 9.84. The largest absolute Gasteiger partial charge is 0.480 e. The summed E-state index contributed by atoms with van der Waals surface area (Å²) < 4.78 is 29.5. The number of hydrogen-bond donors (Lipinski definition) is 3. The Morgan fingerprint density at radius 2 is 1.74 bits per heavy atom. The molecule has 224 valence electrons. The van der Waals surface area contributed by atoms with E-state index in [1.54, 1.807) is 31.5 Å². The maximum Gasteiger partial charge on any atom is 0.322 e. The number of carbonyl (C=O) groups is 3. The lowest BCUT2D eigenvalue weighted by atomic mass is 9.98. The van der Waals surface area contributed by atoms with Crippen molar-refractivity contribution in [1.82, 2.24) is 19.9 Å². The van der Waals surface area contributed by atoms with Gasteiger partial charge in [0.2, 0.25) is 21.8 Å². The van der Waals surface area contributed by atoms with Gasteiger partial charge in [0.05, 0.1) is 4.90 Å². The van der Waals surface area contributed by atoms with Crippen LogP contribution in [0.25, 0.3) is 11.1 Å². The number of aryl methyl sites for hydroxylation is 1. The summed E-state index contributed by atoms with van der Waals surface area (Å²) in [5.74, 6) is -2.00. The Morgan fingerprint density at radius 3 is 2.45 bits per heavy atom. The minimum absolute atomic E-state index is 0.0280. The molecule has 1 atom stereocenters. The molecule has 3 N–H and O–H groups in total. The summed E-state index contributed by atoms with van der Waals surface area (Å²) in [5.41, 5.74) is 4.14. The van der Waals surface area contributed by atoms with Gasteiger partial charge in [-0.3, -0.25) is 19.4 Å². The SMILES string of the molecule is Cc1cnccc1-c1cccc([C@H](C)N(CCCC(=O)NCCC(=O)NCC(=O)O)S(=O)(=O)c2cccc(Cl)c2C)c1. The molecule has 0 unspecified atom stereocenters. The molecule has 2 amide bonds. The maximum absolute atomic E-state index is 14.0. The van der Waals surface area contributed by atoms with E-state index in [0.29, 0.717) is 10.6 Å².